The van der Waals surface area contributed by atoms with Crippen molar-refractivity contribution < 1.29 is 13.2 Å². The van der Waals surface area contributed by atoms with Crippen LogP contribution in [0.1, 0.15) is 20.8 Å². The molecule has 5 nitrogen and oxygen atoms in total. The highest BCUT2D eigenvalue weighted by molar-refractivity contribution is 7.91. The van der Waals surface area contributed by atoms with Crippen molar-refractivity contribution in [3.05, 3.63) is 0 Å². The second-order valence-electron chi connectivity index (χ2n) is 3.71. The van der Waals surface area contributed by atoms with Gasteiger partial charge in [0.1, 0.15) is 0 Å². The lowest BCUT2D eigenvalue weighted by Gasteiger charge is -2.17. The first kappa shape index (κ1) is 13.4. The first-order chi connectivity index (χ1) is 6.19. The second kappa shape index (κ2) is 4.75. The fourth-order valence-electron chi connectivity index (χ4n) is 0.692. The fraction of sp³-hybridized carbons (Fsp3) is 0.875. The minimum Gasteiger partial charge on any atom is -0.354 e. The number of rotatable bonds is 5. The van der Waals surface area contributed by atoms with Crippen LogP contribution in [0.25, 0.3) is 0 Å². The molecule has 14 heavy (non-hydrogen) atoms. The van der Waals surface area contributed by atoms with Crippen LogP contribution in [0.4, 0.5) is 0 Å². The number of hydrogen-bond acceptors (Lipinski definition) is 4. The van der Waals surface area contributed by atoms with Gasteiger partial charge in [-0.3, -0.25) is 4.79 Å². The van der Waals surface area contributed by atoms with Crippen LogP contribution in [0, 0.1) is 0 Å². The van der Waals surface area contributed by atoms with Gasteiger partial charge in [0.25, 0.3) is 0 Å². The van der Waals surface area contributed by atoms with Crippen molar-refractivity contribution in [3.8, 4) is 0 Å². The third kappa shape index (κ3) is 5.18. The number of amides is 1. The van der Waals surface area contributed by atoms with E-state index in [2.05, 4.69) is 5.32 Å². The van der Waals surface area contributed by atoms with Crippen LogP contribution in [-0.2, 0) is 14.6 Å². The molecular formula is C8H18N2O3S. The molecule has 0 rings (SSSR count). The van der Waals surface area contributed by atoms with Gasteiger partial charge in [-0.05, 0) is 13.8 Å². The first-order valence-electron chi connectivity index (χ1n) is 4.46. The zero-order valence-electron chi connectivity index (χ0n) is 8.83. The molecule has 0 atom stereocenters. The van der Waals surface area contributed by atoms with Crippen LogP contribution in [0.3, 0.4) is 0 Å². The molecule has 3 N–H and O–H groups in total. The summed E-state index contributed by atoms with van der Waals surface area (Å²) in [6.07, 6.45) is 0. The molecule has 0 aromatic rings. The highest BCUT2D eigenvalue weighted by Gasteiger charge is 2.21. The summed E-state index contributed by atoms with van der Waals surface area (Å²) in [5.74, 6) is -0.288. The van der Waals surface area contributed by atoms with Gasteiger partial charge in [-0.15, -0.1) is 0 Å². The van der Waals surface area contributed by atoms with Crippen LogP contribution >= 0.6 is 0 Å². The number of sulfone groups is 1. The minimum absolute atomic E-state index is 0.0364. The van der Waals surface area contributed by atoms with Crippen molar-refractivity contribution in [3.63, 3.8) is 0 Å². The van der Waals surface area contributed by atoms with E-state index in [0.29, 0.717) is 0 Å². The molecule has 0 saturated carbocycles. The molecule has 0 aliphatic rings. The third-order valence-electron chi connectivity index (χ3n) is 1.72. The van der Waals surface area contributed by atoms with E-state index < -0.39 is 15.4 Å². The zero-order valence-corrected chi connectivity index (χ0v) is 9.65. The average molecular weight is 222 g/mol. The second-order valence-corrected chi connectivity index (χ2v) is 6.19. The Morgan fingerprint density at radius 1 is 1.43 bits per heavy atom. The van der Waals surface area contributed by atoms with Crippen LogP contribution in [0.2, 0.25) is 0 Å². The largest absolute Gasteiger partial charge is 0.354 e. The summed E-state index contributed by atoms with van der Waals surface area (Å²) in [6, 6.07) is 0. The van der Waals surface area contributed by atoms with Crippen LogP contribution in [0.15, 0.2) is 0 Å². The maximum atomic E-state index is 11.2. The molecule has 0 aromatic carbocycles. The minimum atomic E-state index is -3.02. The molecule has 84 valence electrons. The number of hydrogen-bond donors (Lipinski definition) is 2. The van der Waals surface area contributed by atoms with Gasteiger partial charge in [-0.1, -0.05) is 6.92 Å². The predicted octanol–water partition coefficient (Wildman–Crippen LogP) is -0.725. The number of nitrogens with one attached hydrogen (secondary N) is 1. The molecule has 0 fully saturated rings. The van der Waals surface area contributed by atoms with Crippen molar-refractivity contribution >= 4 is 15.7 Å². The smallest absolute Gasteiger partial charge is 0.239 e. The Balaban J connectivity index is 3.94. The topological polar surface area (TPSA) is 89.3 Å². The Morgan fingerprint density at radius 2 is 1.93 bits per heavy atom. The summed E-state index contributed by atoms with van der Waals surface area (Å²) in [7, 11) is -3.02. The van der Waals surface area contributed by atoms with Gasteiger partial charge < -0.3 is 11.1 Å². The Morgan fingerprint density at radius 3 is 2.29 bits per heavy atom. The molecule has 0 saturated heterocycles. The monoisotopic (exact) mass is 222 g/mol. The molecule has 0 aliphatic carbocycles. The van der Waals surface area contributed by atoms with E-state index in [1.807, 2.05) is 0 Å². The van der Waals surface area contributed by atoms with Gasteiger partial charge in [-0.25, -0.2) is 8.42 Å². The van der Waals surface area contributed by atoms with E-state index in [4.69, 9.17) is 5.73 Å². The molecule has 0 aromatic heterocycles. The van der Waals surface area contributed by atoms with E-state index >= 15 is 0 Å². The van der Waals surface area contributed by atoms with Gasteiger partial charge in [0.2, 0.25) is 5.91 Å². The molecule has 0 aliphatic heterocycles. The van der Waals surface area contributed by atoms with E-state index in [0.717, 1.165) is 0 Å². The first-order valence-corrected chi connectivity index (χ1v) is 6.29. The van der Waals surface area contributed by atoms with Gasteiger partial charge in [0.05, 0.1) is 11.3 Å². The highest BCUT2D eigenvalue weighted by atomic mass is 32.2. The molecule has 1 amide bonds. The molecule has 0 bridgehead atoms. The van der Waals surface area contributed by atoms with Gasteiger partial charge in [-0.2, -0.15) is 0 Å². The summed E-state index contributed by atoms with van der Waals surface area (Å²) in [5.41, 5.74) is 4.54. The summed E-state index contributed by atoms with van der Waals surface area (Å²) in [6.45, 7) is 4.83. The summed E-state index contributed by atoms with van der Waals surface area (Å²) >= 11 is 0. The Hall–Kier alpha value is -0.620. The average Bonchev–Trinajstić information content (AvgIpc) is 2.02. The number of carbonyl (C=O) groups excluding carboxylic acids is 1. The maximum absolute atomic E-state index is 11.2. The van der Waals surface area contributed by atoms with E-state index in [1.54, 1.807) is 20.8 Å². The van der Waals surface area contributed by atoms with Gasteiger partial charge >= 0.3 is 0 Å². The highest BCUT2D eigenvalue weighted by Crippen LogP contribution is 1.95. The predicted molar refractivity (Wildman–Crippen MR) is 55.6 cm³/mol. The quantitative estimate of drug-likeness (QED) is 0.642. The lowest BCUT2D eigenvalue weighted by Crippen LogP contribution is -2.50. The third-order valence-corrected chi connectivity index (χ3v) is 3.43. The molecule has 0 heterocycles. The van der Waals surface area contributed by atoms with Crippen LogP contribution in [-0.4, -0.2) is 37.9 Å². The molecule has 6 heteroatoms. The number of nitrogens with two attached hydrogens (primary N) is 1. The van der Waals surface area contributed by atoms with E-state index in [-0.39, 0.29) is 24.0 Å². The Labute approximate surface area is 85.0 Å². The summed E-state index contributed by atoms with van der Waals surface area (Å²) in [4.78, 5) is 11.2. The number of carbonyl (C=O) groups is 1. The van der Waals surface area contributed by atoms with Crippen molar-refractivity contribution in [2.45, 2.75) is 26.3 Å². The van der Waals surface area contributed by atoms with Gasteiger partial charge in [0, 0.05) is 12.3 Å². The Bertz CT molecular complexity index is 290. The molecule has 0 radical (unpaired) electrons. The van der Waals surface area contributed by atoms with Crippen LogP contribution < -0.4 is 11.1 Å². The van der Waals surface area contributed by atoms with E-state index in [1.165, 1.54) is 0 Å². The standard InChI is InChI=1S/C8H18N2O3S/c1-4-14(12,13)6-5-10-7(11)8(2,3)9/h4-6,9H2,1-3H3,(H,10,11). The van der Waals surface area contributed by atoms with Crippen LogP contribution in [0.5, 0.6) is 0 Å². The molecule has 0 spiro atoms. The van der Waals surface area contributed by atoms with Crippen molar-refractivity contribution in [1.82, 2.24) is 5.32 Å². The normalized spacial score (nSPS) is 12.6. The van der Waals surface area contributed by atoms with Gasteiger partial charge in [0.15, 0.2) is 9.84 Å². The maximum Gasteiger partial charge on any atom is 0.239 e. The Kier molecular flexibility index (Phi) is 4.54. The van der Waals surface area contributed by atoms with Crippen molar-refractivity contribution in [2.75, 3.05) is 18.1 Å². The lowest BCUT2D eigenvalue weighted by atomic mass is 10.1. The van der Waals surface area contributed by atoms with E-state index in [9.17, 15) is 13.2 Å². The summed E-state index contributed by atoms with van der Waals surface area (Å²) < 4.78 is 22.1. The fourth-order valence-corrected chi connectivity index (χ4v) is 1.39. The lowest BCUT2D eigenvalue weighted by molar-refractivity contribution is -0.125. The summed E-state index contributed by atoms with van der Waals surface area (Å²) in [5, 5.41) is 2.47. The van der Waals surface area contributed by atoms with Crippen molar-refractivity contribution in [1.29, 1.82) is 0 Å². The molecular weight excluding hydrogens is 204 g/mol. The zero-order chi connectivity index (χ0) is 11.4. The van der Waals surface area contributed by atoms with Crippen molar-refractivity contribution in [2.24, 2.45) is 5.73 Å². The molecule has 0 unspecified atom stereocenters. The SMILES string of the molecule is CCS(=O)(=O)CCNC(=O)C(C)(C)N.